The van der Waals surface area contributed by atoms with Crippen LogP contribution in [0.2, 0.25) is 0 Å². The van der Waals surface area contributed by atoms with Gasteiger partial charge in [0.1, 0.15) is 0 Å². The SMILES string of the molecule is CNNSC.O=Cc1cc(-c2ccc(-c3ccc(NCCO)cc3)cc2)nc2ccncc12. The summed E-state index contributed by atoms with van der Waals surface area (Å²) in [5.41, 5.74) is 8.96. The smallest absolute Gasteiger partial charge is 0.150 e. The van der Waals surface area contributed by atoms with Crippen LogP contribution in [-0.4, -0.2) is 47.8 Å². The molecule has 8 heteroatoms. The number of aliphatic hydroxyl groups excluding tert-OH is 1. The number of rotatable bonds is 8. The highest BCUT2D eigenvalue weighted by atomic mass is 32.2. The van der Waals surface area contributed by atoms with E-state index in [1.807, 2.05) is 67.9 Å². The van der Waals surface area contributed by atoms with Crippen LogP contribution in [0.1, 0.15) is 10.4 Å². The molecular weight excluding hydrogens is 434 g/mol. The van der Waals surface area contributed by atoms with Gasteiger partial charge in [-0.3, -0.25) is 15.2 Å². The van der Waals surface area contributed by atoms with Gasteiger partial charge in [-0.1, -0.05) is 48.3 Å². The van der Waals surface area contributed by atoms with E-state index in [4.69, 9.17) is 5.11 Å². The quantitative estimate of drug-likeness (QED) is 0.176. The van der Waals surface area contributed by atoms with E-state index >= 15 is 0 Å². The fourth-order valence-corrected chi connectivity index (χ4v) is 3.46. The predicted molar refractivity (Wildman–Crippen MR) is 137 cm³/mol. The zero-order chi connectivity index (χ0) is 23.5. The van der Waals surface area contributed by atoms with Crippen LogP contribution in [0.4, 0.5) is 5.69 Å². The fourth-order valence-electron chi connectivity index (χ4n) is 3.26. The Labute approximate surface area is 197 Å². The lowest BCUT2D eigenvalue weighted by atomic mass is 10.0. The summed E-state index contributed by atoms with van der Waals surface area (Å²) in [6.07, 6.45) is 6.14. The largest absolute Gasteiger partial charge is 0.395 e. The van der Waals surface area contributed by atoms with Crippen molar-refractivity contribution >= 4 is 34.8 Å². The molecule has 0 bridgehead atoms. The van der Waals surface area contributed by atoms with Crippen LogP contribution in [-0.2, 0) is 0 Å². The van der Waals surface area contributed by atoms with Gasteiger partial charge in [-0.05, 0) is 48.7 Å². The topological polar surface area (TPSA) is 99.2 Å². The highest BCUT2D eigenvalue weighted by Crippen LogP contribution is 2.27. The zero-order valence-corrected chi connectivity index (χ0v) is 19.4. The highest BCUT2D eigenvalue weighted by molar-refractivity contribution is 7.96. The van der Waals surface area contributed by atoms with Gasteiger partial charge in [0.05, 0.1) is 17.8 Å². The second kappa shape index (κ2) is 12.7. The van der Waals surface area contributed by atoms with Crippen LogP contribution in [0.5, 0.6) is 0 Å². The van der Waals surface area contributed by atoms with E-state index in [1.54, 1.807) is 30.4 Å². The summed E-state index contributed by atoms with van der Waals surface area (Å²) >= 11 is 1.54. The minimum Gasteiger partial charge on any atom is -0.395 e. The lowest BCUT2D eigenvalue weighted by Gasteiger charge is -2.08. The molecule has 0 saturated heterocycles. The molecule has 0 radical (unpaired) electrons. The van der Waals surface area contributed by atoms with Crippen molar-refractivity contribution in [3.05, 3.63) is 78.6 Å². The molecule has 0 aliphatic heterocycles. The van der Waals surface area contributed by atoms with Gasteiger partial charge in [0, 0.05) is 41.1 Å². The van der Waals surface area contributed by atoms with Gasteiger partial charge in [-0.25, -0.2) is 9.82 Å². The minimum absolute atomic E-state index is 0.106. The first-order chi connectivity index (χ1) is 16.2. The number of hydrazine groups is 1. The average molecular weight is 462 g/mol. The Morgan fingerprint density at radius 3 is 2.24 bits per heavy atom. The van der Waals surface area contributed by atoms with Crippen molar-refractivity contribution in [2.75, 3.05) is 31.8 Å². The summed E-state index contributed by atoms with van der Waals surface area (Å²) in [7, 11) is 1.83. The van der Waals surface area contributed by atoms with Crippen LogP contribution >= 0.6 is 11.9 Å². The van der Waals surface area contributed by atoms with E-state index < -0.39 is 0 Å². The number of hydrogen-bond donors (Lipinski definition) is 4. The van der Waals surface area contributed by atoms with Crippen molar-refractivity contribution in [2.45, 2.75) is 0 Å². The van der Waals surface area contributed by atoms with Crippen molar-refractivity contribution < 1.29 is 9.90 Å². The molecule has 0 aliphatic carbocycles. The van der Waals surface area contributed by atoms with Crippen molar-refractivity contribution in [3.63, 3.8) is 0 Å². The van der Waals surface area contributed by atoms with E-state index in [0.717, 1.165) is 45.3 Å². The van der Waals surface area contributed by atoms with Crippen molar-refractivity contribution in [2.24, 2.45) is 0 Å². The first-order valence-electron chi connectivity index (χ1n) is 10.4. The molecule has 0 saturated carbocycles. The summed E-state index contributed by atoms with van der Waals surface area (Å²) < 4.78 is 0. The molecule has 7 nitrogen and oxygen atoms in total. The van der Waals surface area contributed by atoms with Gasteiger partial charge in [0.15, 0.2) is 6.29 Å². The third kappa shape index (κ3) is 6.59. The molecule has 2 aromatic carbocycles. The molecule has 0 aliphatic rings. The number of carbonyl (C=O) groups excluding carboxylic acids is 1. The third-order valence-corrected chi connectivity index (χ3v) is 5.22. The molecule has 2 heterocycles. The maximum atomic E-state index is 11.5. The van der Waals surface area contributed by atoms with E-state index in [2.05, 4.69) is 25.5 Å². The number of nitrogens with one attached hydrogen (secondary N) is 3. The lowest BCUT2D eigenvalue weighted by molar-refractivity contribution is 0.112. The fraction of sp³-hybridized carbons (Fsp3) is 0.160. The number of anilines is 1. The number of aldehydes is 1. The molecule has 33 heavy (non-hydrogen) atoms. The number of carbonyl (C=O) groups is 1. The molecule has 2 aromatic heterocycles. The van der Waals surface area contributed by atoms with Crippen LogP contribution < -0.4 is 15.6 Å². The summed E-state index contributed by atoms with van der Waals surface area (Å²) in [6.45, 7) is 0.639. The number of aromatic nitrogens is 2. The maximum Gasteiger partial charge on any atom is 0.150 e. The Balaban J connectivity index is 0.000000555. The molecule has 0 unspecified atom stereocenters. The van der Waals surface area contributed by atoms with Gasteiger partial charge >= 0.3 is 0 Å². The Morgan fingerprint density at radius 2 is 1.67 bits per heavy atom. The molecule has 170 valence electrons. The number of nitrogens with zero attached hydrogens (tertiary/aromatic N) is 2. The average Bonchev–Trinajstić information content (AvgIpc) is 2.88. The number of aliphatic hydroxyl groups is 1. The summed E-state index contributed by atoms with van der Waals surface area (Å²) in [5, 5.41) is 12.8. The van der Waals surface area contributed by atoms with Gasteiger partial charge in [-0.2, -0.15) is 0 Å². The Morgan fingerprint density at radius 1 is 1.00 bits per heavy atom. The first-order valence-corrected chi connectivity index (χ1v) is 11.6. The molecule has 0 spiro atoms. The summed E-state index contributed by atoms with van der Waals surface area (Å²) in [6, 6.07) is 19.8. The van der Waals surface area contributed by atoms with Crippen LogP contribution in [0.25, 0.3) is 33.3 Å². The normalized spacial score (nSPS) is 10.4. The second-order valence-electron chi connectivity index (χ2n) is 6.97. The number of hydrogen-bond acceptors (Lipinski definition) is 8. The third-order valence-electron chi connectivity index (χ3n) is 4.81. The Bertz CT molecular complexity index is 1170. The predicted octanol–water partition coefficient (Wildman–Crippen LogP) is 4.17. The van der Waals surface area contributed by atoms with Gasteiger partial charge in [0.2, 0.25) is 0 Å². The van der Waals surface area contributed by atoms with Crippen molar-refractivity contribution in [3.8, 4) is 22.4 Å². The van der Waals surface area contributed by atoms with Crippen LogP contribution in [0, 0.1) is 0 Å². The molecule has 4 aromatic rings. The molecule has 0 amide bonds. The number of benzene rings is 2. The van der Waals surface area contributed by atoms with E-state index in [-0.39, 0.29) is 6.61 Å². The zero-order valence-electron chi connectivity index (χ0n) is 18.6. The molecule has 4 rings (SSSR count). The lowest BCUT2D eigenvalue weighted by Crippen LogP contribution is -2.18. The van der Waals surface area contributed by atoms with Gasteiger partial charge in [0.25, 0.3) is 0 Å². The molecule has 0 fully saturated rings. The van der Waals surface area contributed by atoms with Crippen LogP contribution in [0.15, 0.2) is 73.1 Å². The van der Waals surface area contributed by atoms with E-state index in [0.29, 0.717) is 12.1 Å². The standard InChI is InChI=1S/C23H19N3O2.C2H8N2S/c27-12-11-25-20-7-5-17(6-8-20)16-1-3-18(4-2-16)23-13-19(15-28)21-14-24-10-9-22(21)26-23;1-3-4-5-2/h1-10,13-15,25,27H,11-12H2;3-4H,1-2H3. The Hall–Kier alpha value is -3.30. The first kappa shape index (κ1) is 24.3. The number of fused-ring (bicyclic) bond motifs is 1. The molecule has 4 N–H and O–H groups in total. The minimum atomic E-state index is 0.106. The molecule has 0 atom stereocenters. The highest BCUT2D eigenvalue weighted by Gasteiger charge is 2.08. The Kier molecular flexibility index (Phi) is 9.34. The van der Waals surface area contributed by atoms with Crippen molar-refractivity contribution in [1.82, 2.24) is 20.2 Å². The van der Waals surface area contributed by atoms with E-state index in [1.165, 1.54) is 0 Å². The monoisotopic (exact) mass is 461 g/mol. The van der Waals surface area contributed by atoms with Gasteiger partial charge in [-0.15, -0.1) is 0 Å². The second-order valence-corrected chi connectivity index (χ2v) is 7.58. The summed E-state index contributed by atoms with van der Waals surface area (Å²) in [4.78, 5) is 23.0. The van der Waals surface area contributed by atoms with Crippen LogP contribution in [0.3, 0.4) is 0 Å². The summed E-state index contributed by atoms with van der Waals surface area (Å²) in [5.74, 6) is 0. The van der Waals surface area contributed by atoms with Gasteiger partial charge < -0.3 is 10.4 Å². The molecular formula is C25H27N5O2S. The number of pyridine rings is 2. The van der Waals surface area contributed by atoms with E-state index in [9.17, 15) is 4.79 Å². The van der Waals surface area contributed by atoms with Crippen molar-refractivity contribution in [1.29, 1.82) is 0 Å². The maximum absolute atomic E-state index is 11.5.